The quantitative estimate of drug-likeness (QED) is 0.275. The van der Waals surface area contributed by atoms with Gasteiger partial charge in [0, 0.05) is 10.6 Å². The Balaban J connectivity index is 1.52. The summed E-state index contributed by atoms with van der Waals surface area (Å²) in [6.45, 7) is 0. The number of thioether (sulfide) groups is 1. The summed E-state index contributed by atoms with van der Waals surface area (Å²) in [5, 5.41) is 28.6. The maximum absolute atomic E-state index is 10.4. The minimum absolute atomic E-state index is 0.0679. The lowest BCUT2D eigenvalue weighted by molar-refractivity contribution is 0.418. The Morgan fingerprint density at radius 2 is 2.07 bits per heavy atom. The zero-order chi connectivity index (χ0) is 19.5. The maximum atomic E-state index is 10.4. The van der Waals surface area contributed by atoms with E-state index >= 15 is 0 Å². The van der Waals surface area contributed by atoms with Crippen molar-refractivity contribution in [3.05, 3.63) is 65.1 Å². The van der Waals surface area contributed by atoms with Gasteiger partial charge >= 0.3 is 0 Å². The van der Waals surface area contributed by atoms with Gasteiger partial charge in [-0.15, -0.1) is 10.2 Å². The lowest BCUT2D eigenvalue weighted by atomic mass is 10.2. The lowest BCUT2D eigenvalue weighted by Gasteiger charge is -2.00. The number of nitriles is 1. The van der Waals surface area contributed by atoms with Gasteiger partial charge in [0.1, 0.15) is 17.4 Å². The second kappa shape index (κ2) is 7.76. The molecule has 7 nitrogen and oxygen atoms in total. The van der Waals surface area contributed by atoms with Gasteiger partial charge in [-0.2, -0.15) is 5.26 Å². The number of nitrogens with zero attached hydrogens (tertiary/aromatic N) is 4. The van der Waals surface area contributed by atoms with Gasteiger partial charge in [-0.1, -0.05) is 41.6 Å². The minimum Gasteiger partial charge on any atom is -0.510 e. The van der Waals surface area contributed by atoms with Crippen LogP contribution in [0.15, 0.2) is 63.9 Å². The van der Waals surface area contributed by atoms with E-state index in [0.29, 0.717) is 27.8 Å². The number of hydrogen-bond donors (Lipinski definition) is 2. The van der Waals surface area contributed by atoms with E-state index < -0.39 is 0 Å². The van der Waals surface area contributed by atoms with Gasteiger partial charge in [-0.05, 0) is 30.3 Å². The van der Waals surface area contributed by atoms with Crippen LogP contribution in [0.5, 0.6) is 0 Å². The molecule has 0 radical (unpaired) electrons. The molecule has 0 aliphatic carbocycles. The predicted molar refractivity (Wildman–Crippen MR) is 107 cm³/mol. The molecule has 0 aliphatic rings. The van der Waals surface area contributed by atoms with E-state index in [1.54, 1.807) is 24.3 Å². The number of aromatic amines is 1. The van der Waals surface area contributed by atoms with E-state index in [4.69, 9.17) is 16.0 Å². The zero-order valence-electron chi connectivity index (χ0n) is 14.3. The summed E-state index contributed by atoms with van der Waals surface area (Å²) in [5.41, 5.74) is 2.27. The Morgan fingerprint density at radius 3 is 2.86 bits per heavy atom. The van der Waals surface area contributed by atoms with Crippen molar-refractivity contribution >= 4 is 40.0 Å². The van der Waals surface area contributed by atoms with E-state index in [1.807, 2.05) is 30.3 Å². The van der Waals surface area contributed by atoms with Crippen molar-refractivity contribution in [2.45, 2.75) is 5.22 Å². The summed E-state index contributed by atoms with van der Waals surface area (Å²) in [6.07, 6.45) is 0. The number of fused-ring (bicyclic) bond motifs is 1. The predicted octanol–water partition coefficient (Wildman–Crippen LogP) is 4.85. The van der Waals surface area contributed by atoms with E-state index in [-0.39, 0.29) is 22.3 Å². The molecule has 28 heavy (non-hydrogen) atoms. The second-order valence-electron chi connectivity index (χ2n) is 5.71. The summed E-state index contributed by atoms with van der Waals surface area (Å²) >= 11 is 7.09. The van der Waals surface area contributed by atoms with E-state index in [2.05, 4.69) is 20.2 Å². The number of nitrogens with one attached hydrogen (secondary N) is 1. The second-order valence-corrected chi connectivity index (χ2v) is 7.07. The smallest absolute Gasteiger partial charge is 0.277 e. The van der Waals surface area contributed by atoms with Crippen molar-refractivity contribution in [2.24, 2.45) is 0 Å². The van der Waals surface area contributed by atoms with Crippen LogP contribution in [-0.4, -0.2) is 31.0 Å². The number of halogens is 1. The van der Waals surface area contributed by atoms with E-state index in [9.17, 15) is 10.4 Å². The molecule has 0 fully saturated rings. The highest BCUT2D eigenvalue weighted by Gasteiger charge is 2.15. The first kappa shape index (κ1) is 18.1. The number of allylic oxidation sites excluding steroid dienone is 1. The van der Waals surface area contributed by atoms with Crippen molar-refractivity contribution < 1.29 is 9.52 Å². The summed E-state index contributed by atoms with van der Waals surface area (Å²) in [7, 11) is 0. The molecule has 0 spiro atoms. The first-order valence-electron chi connectivity index (χ1n) is 8.13. The number of para-hydroxylation sites is 2. The molecule has 9 heteroatoms. The third kappa shape index (κ3) is 3.71. The third-order valence-corrected chi connectivity index (χ3v) is 4.90. The average molecular weight is 410 g/mol. The number of benzene rings is 2. The number of imidazole rings is 1. The molecule has 0 atom stereocenters. The molecule has 2 heterocycles. The molecule has 0 amide bonds. The number of hydrogen-bond acceptors (Lipinski definition) is 7. The molecule has 2 aromatic heterocycles. The van der Waals surface area contributed by atoms with Crippen LogP contribution in [0.2, 0.25) is 5.02 Å². The Morgan fingerprint density at radius 1 is 1.21 bits per heavy atom. The fourth-order valence-electron chi connectivity index (χ4n) is 2.53. The summed E-state index contributed by atoms with van der Waals surface area (Å²) in [6, 6.07) is 16.4. The highest BCUT2D eigenvalue weighted by Crippen LogP contribution is 2.27. The van der Waals surface area contributed by atoms with Crippen LogP contribution in [0.4, 0.5) is 0 Å². The normalized spacial score (nSPS) is 12.0. The van der Waals surface area contributed by atoms with Gasteiger partial charge < -0.3 is 14.5 Å². The fourth-order valence-corrected chi connectivity index (χ4v) is 3.37. The molecular formula is C19H12ClN5O2S. The zero-order valence-corrected chi connectivity index (χ0v) is 15.8. The van der Waals surface area contributed by atoms with E-state index in [1.165, 1.54) is 0 Å². The van der Waals surface area contributed by atoms with Gasteiger partial charge in [0.2, 0.25) is 5.89 Å². The van der Waals surface area contributed by atoms with Gasteiger partial charge in [-0.25, -0.2) is 4.98 Å². The molecule has 4 rings (SSSR count). The standard InChI is InChI=1S/C19H12ClN5O2S/c20-12-5-3-4-11(8-12)18-24-25-19(27-18)28-10-16(26)13(9-21)17-22-14-6-1-2-7-15(14)23-17/h1-8,26H,10H2,(H,22,23)/b16-13-. The Hall–Kier alpha value is -3.28. The van der Waals surface area contributed by atoms with Crippen molar-refractivity contribution in [3.63, 3.8) is 0 Å². The SMILES string of the molecule is N#C/C(=C(/O)CSc1nnc(-c2cccc(Cl)c2)o1)c1nc2ccccc2[nH]1. The first-order chi connectivity index (χ1) is 13.6. The molecule has 0 unspecified atom stereocenters. The van der Waals surface area contributed by atoms with Crippen LogP contribution in [0.3, 0.4) is 0 Å². The highest BCUT2D eigenvalue weighted by atomic mass is 35.5. The monoisotopic (exact) mass is 409 g/mol. The first-order valence-corrected chi connectivity index (χ1v) is 9.50. The number of aliphatic hydroxyl groups excluding tert-OH is 1. The molecule has 4 aromatic rings. The number of aromatic nitrogens is 4. The Bertz CT molecular complexity index is 1190. The number of aliphatic hydroxyl groups is 1. The molecule has 0 saturated heterocycles. The molecule has 138 valence electrons. The molecular weight excluding hydrogens is 398 g/mol. The minimum atomic E-state index is -0.130. The Labute approximate surface area is 168 Å². The van der Waals surface area contributed by atoms with Crippen molar-refractivity contribution in [1.82, 2.24) is 20.2 Å². The fraction of sp³-hybridized carbons (Fsp3) is 0.0526. The van der Waals surface area contributed by atoms with Crippen molar-refractivity contribution in [3.8, 4) is 17.5 Å². The van der Waals surface area contributed by atoms with Crippen LogP contribution >= 0.6 is 23.4 Å². The van der Waals surface area contributed by atoms with Crippen molar-refractivity contribution in [2.75, 3.05) is 5.75 Å². The average Bonchev–Trinajstić information content (AvgIpc) is 3.34. The van der Waals surface area contributed by atoms with Crippen LogP contribution in [0, 0.1) is 11.3 Å². The van der Waals surface area contributed by atoms with Crippen molar-refractivity contribution in [1.29, 1.82) is 5.26 Å². The van der Waals surface area contributed by atoms with Crippen LogP contribution in [-0.2, 0) is 0 Å². The van der Waals surface area contributed by atoms with Gasteiger partial charge in [0.15, 0.2) is 5.82 Å². The number of H-pyrrole nitrogens is 1. The lowest BCUT2D eigenvalue weighted by Crippen LogP contribution is -1.95. The topological polar surface area (TPSA) is 112 Å². The molecule has 0 aliphatic heterocycles. The van der Waals surface area contributed by atoms with E-state index in [0.717, 1.165) is 17.3 Å². The van der Waals surface area contributed by atoms with Crippen LogP contribution < -0.4 is 0 Å². The molecule has 2 aromatic carbocycles. The molecule has 0 bridgehead atoms. The third-order valence-electron chi connectivity index (χ3n) is 3.84. The maximum Gasteiger partial charge on any atom is 0.277 e. The summed E-state index contributed by atoms with van der Waals surface area (Å²) in [4.78, 5) is 7.37. The number of rotatable bonds is 5. The summed E-state index contributed by atoms with van der Waals surface area (Å²) < 4.78 is 5.58. The molecule has 0 saturated carbocycles. The largest absolute Gasteiger partial charge is 0.510 e. The molecule has 2 N–H and O–H groups in total. The van der Waals surface area contributed by atoms with Crippen LogP contribution in [0.1, 0.15) is 5.82 Å². The summed E-state index contributed by atoms with van der Waals surface area (Å²) in [5.74, 6) is 0.587. The van der Waals surface area contributed by atoms with Crippen LogP contribution in [0.25, 0.3) is 28.1 Å². The van der Waals surface area contributed by atoms with Gasteiger partial charge in [0.05, 0.1) is 16.8 Å². The Kier molecular flexibility index (Phi) is 5.02. The highest BCUT2D eigenvalue weighted by molar-refractivity contribution is 7.99. The van der Waals surface area contributed by atoms with Gasteiger partial charge in [0.25, 0.3) is 5.22 Å². The van der Waals surface area contributed by atoms with Gasteiger partial charge in [-0.3, -0.25) is 0 Å².